The summed E-state index contributed by atoms with van der Waals surface area (Å²) in [4.78, 5) is 0. The minimum atomic E-state index is 0.868. The van der Waals surface area contributed by atoms with E-state index in [2.05, 4.69) is 107 Å². The predicted molar refractivity (Wildman–Crippen MR) is 117 cm³/mol. The predicted octanol–water partition coefficient (Wildman–Crippen LogP) is 7.71. The molecule has 0 radical (unpaired) electrons. The molecule has 0 heterocycles. The van der Waals surface area contributed by atoms with Crippen LogP contribution in [0, 0.1) is 0 Å². The molecule has 0 saturated carbocycles. The van der Waals surface area contributed by atoms with E-state index < -0.39 is 0 Å². The van der Waals surface area contributed by atoms with Gasteiger partial charge in [0.25, 0.3) is 0 Å². The van der Waals surface area contributed by atoms with Gasteiger partial charge in [-0.15, -0.1) is 0 Å². The van der Waals surface area contributed by atoms with Crippen molar-refractivity contribution in [3.63, 3.8) is 0 Å². The standard InChI is InChI=1S/C25H17Br/c26-16-17-6-5-10-21(12-17)25-23-11-4-3-9-20(23)14-22-13-18-7-1-2-8-19(18)15-24(22)25/h1-15H,16H2. The lowest BCUT2D eigenvalue weighted by atomic mass is 9.90. The van der Waals surface area contributed by atoms with Crippen LogP contribution in [0.25, 0.3) is 43.4 Å². The van der Waals surface area contributed by atoms with Crippen molar-refractivity contribution >= 4 is 48.2 Å². The molecule has 0 bridgehead atoms. The molecule has 0 N–H and O–H groups in total. The molecule has 0 fully saturated rings. The third kappa shape index (κ3) is 2.51. The first kappa shape index (κ1) is 15.6. The van der Waals surface area contributed by atoms with Gasteiger partial charge in [-0.25, -0.2) is 0 Å². The van der Waals surface area contributed by atoms with Gasteiger partial charge in [-0.1, -0.05) is 88.7 Å². The molecule has 0 aliphatic rings. The zero-order chi connectivity index (χ0) is 17.5. The van der Waals surface area contributed by atoms with Gasteiger partial charge < -0.3 is 0 Å². The van der Waals surface area contributed by atoms with Crippen molar-refractivity contribution in [1.29, 1.82) is 0 Å². The van der Waals surface area contributed by atoms with Crippen molar-refractivity contribution in [2.24, 2.45) is 0 Å². The van der Waals surface area contributed by atoms with E-state index in [1.54, 1.807) is 0 Å². The maximum atomic E-state index is 3.60. The van der Waals surface area contributed by atoms with Gasteiger partial charge in [-0.2, -0.15) is 0 Å². The molecule has 5 aromatic rings. The lowest BCUT2D eigenvalue weighted by Gasteiger charge is -2.14. The van der Waals surface area contributed by atoms with Crippen LogP contribution in [0.2, 0.25) is 0 Å². The smallest absolute Gasteiger partial charge is 0.0283 e. The van der Waals surface area contributed by atoms with E-state index in [4.69, 9.17) is 0 Å². The minimum absolute atomic E-state index is 0.868. The van der Waals surface area contributed by atoms with Crippen molar-refractivity contribution in [1.82, 2.24) is 0 Å². The monoisotopic (exact) mass is 396 g/mol. The zero-order valence-corrected chi connectivity index (χ0v) is 15.8. The summed E-state index contributed by atoms with van der Waals surface area (Å²) in [6.07, 6.45) is 0. The van der Waals surface area contributed by atoms with Crippen LogP contribution < -0.4 is 0 Å². The first-order valence-electron chi connectivity index (χ1n) is 8.83. The number of benzene rings is 5. The van der Waals surface area contributed by atoms with E-state index in [-0.39, 0.29) is 0 Å². The largest absolute Gasteiger partial charge is 0.0876 e. The Morgan fingerprint density at radius 3 is 2.04 bits per heavy atom. The summed E-state index contributed by atoms with van der Waals surface area (Å²) in [5.74, 6) is 0. The summed E-state index contributed by atoms with van der Waals surface area (Å²) in [6, 6.07) is 33.1. The van der Waals surface area contributed by atoms with Gasteiger partial charge in [0.2, 0.25) is 0 Å². The van der Waals surface area contributed by atoms with Crippen molar-refractivity contribution in [3.05, 3.63) is 96.6 Å². The van der Waals surface area contributed by atoms with E-state index in [1.165, 1.54) is 49.0 Å². The molecule has 0 aliphatic carbocycles. The summed E-state index contributed by atoms with van der Waals surface area (Å²) in [7, 11) is 0. The highest BCUT2D eigenvalue weighted by Crippen LogP contribution is 2.38. The summed E-state index contributed by atoms with van der Waals surface area (Å²) in [5, 5.41) is 8.64. The average molecular weight is 397 g/mol. The van der Waals surface area contributed by atoms with Gasteiger partial charge in [0.15, 0.2) is 0 Å². The van der Waals surface area contributed by atoms with Crippen LogP contribution in [-0.2, 0) is 5.33 Å². The van der Waals surface area contributed by atoms with Gasteiger partial charge in [0.1, 0.15) is 0 Å². The highest BCUT2D eigenvalue weighted by molar-refractivity contribution is 9.08. The molecule has 0 saturated heterocycles. The van der Waals surface area contributed by atoms with Gasteiger partial charge in [-0.3, -0.25) is 0 Å². The quantitative estimate of drug-likeness (QED) is 0.211. The lowest BCUT2D eigenvalue weighted by Crippen LogP contribution is -1.88. The number of rotatable bonds is 2. The van der Waals surface area contributed by atoms with Crippen molar-refractivity contribution < 1.29 is 0 Å². The summed E-state index contributed by atoms with van der Waals surface area (Å²) >= 11 is 3.60. The van der Waals surface area contributed by atoms with E-state index in [0.29, 0.717) is 0 Å². The Balaban J connectivity index is 1.97. The Morgan fingerprint density at radius 2 is 1.23 bits per heavy atom. The lowest BCUT2D eigenvalue weighted by molar-refractivity contribution is 1.44. The second kappa shape index (κ2) is 6.26. The Bertz CT molecular complexity index is 1260. The van der Waals surface area contributed by atoms with E-state index >= 15 is 0 Å². The van der Waals surface area contributed by atoms with Crippen molar-refractivity contribution in [3.8, 4) is 11.1 Å². The highest BCUT2D eigenvalue weighted by Gasteiger charge is 2.11. The SMILES string of the molecule is BrCc1cccc(-c2c3ccccc3cc3cc4ccccc4cc23)c1. The summed E-state index contributed by atoms with van der Waals surface area (Å²) in [6.45, 7) is 0. The minimum Gasteiger partial charge on any atom is -0.0876 e. The van der Waals surface area contributed by atoms with E-state index in [0.717, 1.165) is 5.33 Å². The van der Waals surface area contributed by atoms with E-state index in [1.807, 2.05) is 0 Å². The van der Waals surface area contributed by atoms with Crippen LogP contribution in [0.1, 0.15) is 5.56 Å². The van der Waals surface area contributed by atoms with Crippen LogP contribution in [0.15, 0.2) is 91.0 Å². The fraction of sp³-hybridized carbons (Fsp3) is 0.0400. The first-order chi connectivity index (χ1) is 12.8. The normalized spacial score (nSPS) is 11.4. The van der Waals surface area contributed by atoms with Crippen LogP contribution in [0.4, 0.5) is 0 Å². The molecule has 5 rings (SSSR count). The van der Waals surface area contributed by atoms with E-state index in [9.17, 15) is 0 Å². The molecule has 5 aromatic carbocycles. The molecule has 0 amide bonds. The third-order valence-electron chi connectivity index (χ3n) is 5.10. The second-order valence-corrected chi connectivity index (χ2v) is 7.29. The third-order valence-corrected chi connectivity index (χ3v) is 5.75. The van der Waals surface area contributed by atoms with Crippen LogP contribution >= 0.6 is 15.9 Å². The molecule has 0 nitrogen and oxygen atoms in total. The fourth-order valence-electron chi connectivity index (χ4n) is 3.88. The van der Waals surface area contributed by atoms with Gasteiger partial charge in [-0.05, 0) is 67.2 Å². The molecule has 0 spiro atoms. The summed E-state index contributed by atoms with van der Waals surface area (Å²) in [5.41, 5.74) is 3.90. The Hall–Kier alpha value is -2.64. The maximum absolute atomic E-state index is 3.60. The molecule has 0 unspecified atom stereocenters. The number of hydrogen-bond donors (Lipinski definition) is 0. The second-order valence-electron chi connectivity index (χ2n) is 6.73. The Morgan fingerprint density at radius 1 is 0.538 bits per heavy atom. The number of halogens is 1. The average Bonchev–Trinajstić information content (AvgIpc) is 2.70. The topological polar surface area (TPSA) is 0 Å². The first-order valence-corrected chi connectivity index (χ1v) is 9.95. The molecule has 26 heavy (non-hydrogen) atoms. The number of hydrogen-bond acceptors (Lipinski definition) is 0. The maximum Gasteiger partial charge on any atom is 0.0283 e. The van der Waals surface area contributed by atoms with Crippen molar-refractivity contribution in [2.45, 2.75) is 5.33 Å². The highest BCUT2D eigenvalue weighted by atomic mass is 79.9. The summed E-state index contributed by atoms with van der Waals surface area (Å²) < 4.78 is 0. The Kier molecular flexibility index (Phi) is 3.76. The fourth-order valence-corrected chi connectivity index (χ4v) is 4.23. The van der Waals surface area contributed by atoms with Crippen LogP contribution in [0.5, 0.6) is 0 Å². The molecular formula is C25H17Br. The molecule has 0 atom stereocenters. The van der Waals surface area contributed by atoms with Gasteiger partial charge in [0.05, 0.1) is 0 Å². The Labute approximate surface area is 161 Å². The molecule has 1 heteroatoms. The van der Waals surface area contributed by atoms with Gasteiger partial charge >= 0.3 is 0 Å². The number of fused-ring (bicyclic) bond motifs is 3. The molecule has 0 aliphatic heterocycles. The van der Waals surface area contributed by atoms with Gasteiger partial charge in [0, 0.05) is 5.33 Å². The zero-order valence-electron chi connectivity index (χ0n) is 14.2. The van der Waals surface area contributed by atoms with Crippen LogP contribution in [0.3, 0.4) is 0 Å². The molecule has 0 aromatic heterocycles. The molecule has 124 valence electrons. The van der Waals surface area contributed by atoms with Crippen LogP contribution in [-0.4, -0.2) is 0 Å². The number of alkyl halides is 1. The molecular weight excluding hydrogens is 380 g/mol. The van der Waals surface area contributed by atoms with Crippen molar-refractivity contribution in [2.75, 3.05) is 0 Å².